The molecule has 0 bridgehead atoms. The van der Waals surface area contributed by atoms with Crippen LogP contribution in [0.5, 0.6) is 11.5 Å². The van der Waals surface area contributed by atoms with Crippen LogP contribution >= 0.6 is 0 Å². The standard InChI is InChI=1S/C21H25NO7/c1-15(2)20(24)28-14-13-26-11-9-22-21(25)29-19-8-4-5-16-17(19)6-3-7-18(16)27-12-10-23/h3-8,23H,1,9-14H2,2H3,(H,22,25). The SMILES string of the molecule is C=C(C)C(=O)OCCOCCNC(=O)Oc1cccc2c(OCCO)cccc12. The van der Waals surface area contributed by atoms with E-state index in [1.54, 1.807) is 31.2 Å². The van der Waals surface area contributed by atoms with Gasteiger partial charge in [0.15, 0.2) is 0 Å². The summed E-state index contributed by atoms with van der Waals surface area (Å²) in [4.78, 5) is 23.2. The first-order chi connectivity index (χ1) is 14.0. The zero-order chi connectivity index (χ0) is 21.1. The third kappa shape index (κ3) is 7.10. The highest BCUT2D eigenvalue weighted by molar-refractivity contribution is 5.94. The van der Waals surface area contributed by atoms with E-state index in [2.05, 4.69) is 11.9 Å². The molecule has 156 valence electrons. The Labute approximate surface area is 169 Å². The largest absolute Gasteiger partial charge is 0.491 e. The molecule has 2 N–H and O–H groups in total. The Morgan fingerprint density at radius 3 is 2.38 bits per heavy atom. The summed E-state index contributed by atoms with van der Waals surface area (Å²) in [6.45, 7) is 5.95. The van der Waals surface area contributed by atoms with Gasteiger partial charge in [0.25, 0.3) is 0 Å². The van der Waals surface area contributed by atoms with Gasteiger partial charge in [0.2, 0.25) is 0 Å². The summed E-state index contributed by atoms with van der Waals surface area (Å²) in [6.07, 6.45) is -0.614. The first kappa shape index (κ1) is 22.2. The predicted octanol–water partition coefficient (Wildman–Crippen LogP) is 2.44. The monoisotopic (exact) mass is 403 g/mol. The van der Waals surface area contributed by atoms with Gasteiger partial charge in [-0.05, 0) is 19.1 Å². The van der Waals surface area contributed by atoms with Crippen molar-refractivity contribution in [2.75, 3.05) is 39.6 Å². The van der Waals surface area contributed by atoms with Gasteiger partial charge in [-0.1, -0.05) is 30.8 Å². The highest BCUT2D eigenvalue weighted by atomic mass is 16.6. The Bertz CT molecular complexity index is 850. The molecule has 2 rings (SSSR count). The molecule has 29 heavy (non-hydrogen) atoms. The van der Waals surface area contributed by atoms with E-state index < -0.39 is 12.1 Å². The minimum Gasteiger partial charge on any atom is -0.491 e. The highest BCUT2D eigenvalue weighted by Crippen LogP contribution is 2.32. The predicted molar refractivity (Wildman–Crippen MR) is 107 cm³/mol. The molecule has 0 aliphatic rings. The average Bonchev–Trinajstić information content (AvgIpc) is 2.71. The number of carbonyl (C=O) groups is 2. The van der Waals surface area contributed by atoms with E-state index in [-0.39, 0.29) is 39.6 Å². The lowest BCUT2D eigenvalue weighted by Crippen LogP contribution is -2.30. The lowest BCUT2D eigenvalue weighted by molar-refractivity contribution is -0.140. The van der Waals surface area contributed by atoms with Gasteiger partial charge in [-0.3, -0.25) is 0 Å². The van der Waals surface area contributed by atoms with Crippen LogP contribution in [-0.4, -0.2) is 56.7 Å². The van der Waals surface area contributed by atoms with Crippen molar-refractivity contribution in [2.45, 2.75) is 6.92 Å². The Hall–Kier alpha value is -3.10. The second-order valence-electron chi connectivity index (χ2n) is 6.02. The van der Waals surface area contributed by atoms with Crippen LogP contribution in [0.1, 0.15) is 6.92 Å². The lowest BCUT2D eigenvalue weighted by Gasteiger charge is -2.12. The molecular weight excluding hydrogens is 378 g/mol. The average molecular weight is 403 g/mol. The topological polar surface area (TPSA) is 103 Å². The molecule has 0 saturated heterocycles. The number of ether oxygens (including phenoxy) is 4. The van der Waals surface area contributed by atoms with Gasteiger partial charge < -0.3 is 29.4 Å². The van der Waals surface area contributed by atoms with E-state index in [4.69, 9.17) is 24.1 Å². The van der Waals surface area contributed by atoms with Crippen molar-refractivity contribution < 1.29 is 33.6 Å². The van der Waals surface area contributed by atoms with Gasteiger partial charge >= 0.3 is 12.1 Å². The number of amides is 1. The maximum atomic E-state index is 12.0. The van der Waals surface area contributed by atoms with Gasteiger partial charge in [-0.2, -0.15) is 0 Å². The maximum absolute atomic E-state index is 12.0. The van der Waals surface area contributed by atoms with E-state index in [1.165, 1.54) is 0 Å². The molecule has 8 heteroatoms. The number of aliphatic hydroxyl groups excluding tert-OH is 1. The number of aliphatic hydroxyl groups is 1. The van der Waals surface area contributed by atoms with Gasteiger partial charge in [-0.15, -0.1) is 0 Å². The van der Waals surface area contributed by atoms with Crippen LogP contribution < -0.4 is 14.8 Å². The number of carbonyl (C=O) groups excluding carboxylic acids is 2. The van der Waals surface area contributed by atoms with Crippen LogP contribution in [0.4, 0.5) is 4.79 Å². The Kier molecular flexibility index (Phi) is 8.94. The van der Waals surface area contributed by atoms with Gasteiger partial charge in [0.1, 0.15) is 24.7 Å². The van der Waals surface area contributed by atoms with Crippen molar-refractivity contribution in [1.82, 2.24) is 5.32 Å². The number of nitrogens with one attached hydrogen (secondary N) is 1. The molecule has 0 atom stereocenters. The van der Waals surface area contributed by atoms with Crippen LogP contribution in [0.15, 0.2) is 48.6 Å². The summed E-state index contributed by atoms with van der Waals surface area (Å²) in [5, 5.41) is 13.0. The number of hydrogen-bond acceptors (Lipinski definition) is 7. The molecule has 0 aliphatic heterocycles. The minimum atomic E-state index is -0.614. The van der Waals surface area contributed by atoms with Gasteiger partial charge in [0, 0.05) is 22.9 Å². The first-order valence-electron chi connectivity index (χ1n) is 9.14. The van der Waals surface area contributed by atoms with E-state index in [0.29, 0.717) is 22.5 Å². The van der Waals surface area contributed by atoms with Crippen molar-refractivity contribution in [3.63, 3.8) is 0 Å². The van der Waals surface area contributed by atoms with Crippen molar-refractivity contribution >= 4 is 22.8 Å². The second kappa shape index (κ2) is 11.7. The molecule has 0 radical (unpaired) electrons. The smallest absolute Gasteiger partial charge is 0.412 e. The van der Waals surface area contributed by atoms with Crippen molar-refractivity contribution in [3.05, 3.63) is 48.6 Å². The third-order valence-electron chi connectivity index (χ3n) is 3.72. The van der Waals surface area contributed by atoms with Crippen LogP contribution in [0, 0.1) is 0 Å². The molecule has 0 spiro atoms. The second-order valence-corrected chi connectivity index (χ2v) is 6.02. The fourth-order valence-electron chi connectivity index (χ4n) is 2.40. The summed E-state index contributed by atoms with van der Waals surface area (Å²) in [5.74, 6) is 0.528. The summed E-state index contributed by atoms with van der Waals surface area (Å²) < 4.78 is 21.1. The third-order valence-corrected chi connectivity index (χ3v) is 3.72. The molecule has 0 fully saturated rings. The molecule has 0 heterocycles. The highest BCUT2D eigenvalue weighted by Gasteiger charge is 2.10. The molecule has 0 saturated carbocycles. The minimum absolute atomic E-state index is 0.0899. The van der Waals surface area contributed by atoms with Gasteiger partial charge in [-0.25, -0.2) is 9.59 Å². The van der Waals surface area contributed by atoms with Crippen LogP contribution in [-0.2, 0) is 14.3 Å². The number of benzene rings is 2. The fourth-order valence-corrected chi connectivity index (χ4v) is 2.40. The summed E-state index contributed by atoms with van der Waals surface area (Å²) in [6, 6.07) is 10.7. The quantitative estimate of drug-likeness (QED) is 0.337. The van der Waals surface area contributed by atoms with E-state index in [9.17, 15) is 9.59 Å². The molecule has 0 aliphatic carbocycles. The van der Waals surface area contributed by atoms with Gasteiger partial charge in [0.05, 0.1) is 19.8 Å². The zero-order valence-electron chi connectivity index (χ0n) is 16.3. The first-order valence-corrected chi connectivity index (χ1v) is 9.14. The summed E-state index contributed by atoms with van der Waals surface area (Å²) in [7, 11) is 0. The van der Waals surface area contributed by atoms with E-state index in [0.717, 1.165) is 5.39 Å². The Morgan fingerprint density at radius 2 is 1.69 bits per heavy atom. The van der Waals surface area contributed by atoms with Crippen LogP contribution in [0.2, 0.25) is 0 Å². The van der Waals surface area contributed by atoms with Crippen LogP contribution in [0.25, 0.3) is 10.8 Å². The normalized spacial score (nSPS) is 10.4. The molecule has 0 aromatic heterocycles. The molecule has 8 nitrogen and oxygen atoms in total. The molecule has 2 aromatic rings. The van der Waals surface area contributed by atoms with E-state index in [1.807, 2.05) is 12.1 Å². The molecular formula is C21H25NO7. The number of fused-ring (bicyclic) bond motifs is 1. The maximum Gasteiger partial charge on any atom is 0.412 e. The summed E-state index contributed by atoms with van der Waals surface area (Å²) in [5.41, 5.74) is 0.329. The number of hydrogen-bond donors (Lipinski definition) is 2. The van der Waals surface area contributed by atoms with Crippen molar-refractivity contribution in [1.29, 1.82) is 0 Å². The molecule has 1 amide bonds. The van der Waals surface area contributed by atoms with E-state index >= 15 is 0 Å². The Morgan fingerprint density at radius 1 is 1.00 bits per heavy atom. The lowest BCUT2D eigenvalue weighted by atomic mass is 10.1. The van der Waals surface area contributed by atoms with Crippen molar-refractivity contribution in [3.8, 4) is 11.5 Å². The molecule has 2 aromatic carbocycles. The summed E-state index contributed by atoms with van der Waals surface area (Å²) >= 11 is 0. The number of esters is 1. The Balaban J connectivity index is 1.78. The molecule has 0 unspecified atom stereocenters. The van der Waals surface area contributed by atoms with Crippen LogP contribution in [0.3, 0.4) is 0 Å². The fraction of sp³-hybridized carbons (Fsp3) is 0.333. The zero-order valence-corrected chi connectivity index (χ0v) is 16.3. The number of rotatable bonds is 11. The van der Waals surface area contributed by atoms with Crippen molar-refractivity contribution in [2.24, 2.45) is 0 Å².